The molecule has 2 aromatic rings. The van der Waals surface area contributed by atoms with Crippen molar-refractivity contribution in [2.24, 2.45) is 5.73 Å². The fourth-order valence-electron chi connectivity index (χ4n) is 3.01. The lowest BCUT2D eigenvalue weighted by atomic mass is 10.0. The number of carbonyl (C=O) groups excluding carboxylic acids is 1. The average molecular weight is 603 g/mol. The molecule has 1 aromatic heterocycles. The van der Waals surface area contributed by atoms with Gasteiger partial charge in [-0.15, -0.1) is 10.2 Å². The molecule has 1 amide bonds. The Morgan fingerprint density at radius 3 is 1.95 bits per heavy atom. The van der Waals surface area contributed by atoms with Crippen molar-refractivity contribution >= 4 is 21.6 Å². The molecule has 22 heteroatoms. The SMILES string of the molecule is NC(CC(=O)N1CCn2c(nnc2C(F)(F)F)C1)Cc1cc(F)c(F)cc1F.O=P(O)(O)O.O=P(O)(O)O. The summed E-state index contributed by atoms with van der Waals surface area (Å²) in [5, 5.41) is 6.60. The number of alkyl halides is 3. The molecule has 1 aliphatic heterocycles. The minimum absolute atomic E-state index is 0.000783. The molecule has 0 saturated carbocycles. The van der Waals surface area contributed by atoms with E-state index in [0.717, 1.165) is 4.57 Å². The zero-order valence-corrected chi connectivity index (χ0v) is 20.5. The van der Waals surface area contributed by atoms with E-state index in [-0.39, 0.29) is 43.9 Å². The normalized spacial score (nSPS) is 14.5. The molecule has 0 fully saturated rings. The lowest BCUT2D eigenvalue weighted by molar-refractivity contribution is -0.148. The van der Waals surface area contributed by atoms with Gasteiger partial charge in [0.1, 0.15) is 5.82 Å². The van der Waals surface area contributed by atoms with Crippen molar-refractivity contribution in [3.05, 3.63) is 46.8 Å². The Morgan fingerprint density at radius 1 is 0.947 bits per heavy atom. The van der Waals surface area contributed by atoms with Crippen molar-refractivity contribution in [2.45, 2.75) is 38.1 Å². The molecule has 0 aliphatic carbocycles. The summed E-state index contributed by atoms with van der Waals surface area (Å²) in [6.45, 7) is -0.302. The number of carbonyl (C=O) groups is 1. The van der Waals surface area contributed by atoms with Crippen molar-refractivity contribution in [2.75, 3.05) is 6.54 Å². The molecule has 0 radical (unpaired) electrons. The van der Waals surface area contributed by atoms with Gasteiger partial charge in [0.05, 0.1) is 6.54 Å². The lowest BCUT2D eigenvalue weighted by Crippen LogP contribution is -2.42. The molecule has 3 rings (SSSR count). The van der Waals surface area contributed by atoms with E-state index in [1.165, 1.54) is 4.90 Å². The highest BCUT2D eigenvalue weighted by Gasteiger charge is 2.40. The molecule has 0 spiro atoms. The number of amides is 1. The molecular weight excluding hydrogens is 582 g/mol. The van der Waals surface area contributed by atoms with Crippen LogP contribution in [0.3, 0.4) is 0 Å². The third kappa shape index (κ3) is 12.4. The van der Waals surface area contributed by atoms with E-state index in [4.69, 9.17) is 44.2 Å². The first-order valence-corrected chi connectivity index (χ1v) is 12.9. The van der Waals surface area contributed by atoms with Crippen molar-refractivity contribution in [3.63, 3.8) is 0 Å². The van der Waals surface area contributed by atoms with Gasteiger partial charge in [0.2, 0.25) is 11.7 Å². The van der Waals surface area contributed by atoms with Crippen molar-refractivity contribution in [3.8, 4) is 0 Å². The molecule has 2 heterocycles. The van der Waals surface area contributed by atoms with Gasteiger partial charge in [0, 0.05) is 31.6 Å². The van der Waals surface area contributed by atoms with Crippen LogP contribution in [0.25, 0.3) is 0 Å². The van der Waals surface area contributed by atoms with E-state index in [1.54, 1.807) is 0 Å². The zero-order valence-electron chi connectivity index (χ0n) is 18.7. The van der Waals surface area contributed by atoms with Gasteiger partial charge in [-0.05, 0) is 18.1 Å². The summed E-state index contributed by atoms with van der Waals surface area (Å²) in [5.74, 6) is -5.15. The number of benzene rings is 1. The van der Waals surface area contributed by atoms with Crippen molar-refractivity contribution < 1.29 is 69.6 Å². The van der Waals surface area contributed by atoms with Gasteiger partial charge in [0.15, 0.2) is 17.5 Å². The predicted octanol–water partition coefficient (Wildman–Crippen LogP) is 0.159. The Hall–Kier alpha value is -2.41. The van der Waals surface area contributed by atoms with Crippen LogP contribution in [0.5, 0.6) is 0 Å². The van der Waals surface area contributed by atoms with Gasteiger partial charge in [-0.3, -0.25) is 4.79 Å². The molecule has 0 bridgehead atoms. The maximum Gasteiger partial charge on any atom is 0.466 e. The Balaban J connectivity index is 0.000000616. The zero-order chi connectivity index (χ0) is 29.6. The minimum Gasteiger partial charge on any atom is -0.333 e. The number of rotatable bonds is 4. The number of hydrogen-bond donors (Lipinski definition) is 7. The number of halogens is 6. The van der Waals surface area contributed by atoms with Gasteiger partial charge in [-0.2, -0.15) is 13.2 Å². The molecule has 1 unspecified atom stereocenters. The summed E-state index contributed by atoms with van der Waals surface area (Å²) in [6, 6.07) is 0.184. The molecule has 8 N–H and O–H groups in total. The summed E-state index contributed by atoms with van der Waals surface area (Å²) >= 11 is 0. The monoisotopic (exact) mass is 603 g/mol. The van der Waals surface area contributed by atoms with Crippen molar-refractivity contribution in [1.82, 2.24) is 19.7 Å². The third-order valence-corrected chi connectivity index (χ3v) is 4.37. The molecule has 1 aliphatic rings. The standard InChI is InChI=1S/C16H15F6N5O.2H3O4P/c17-10-6-12(19)11(18)4-8(10)3-9(23)5-14(28)26-1-2-27-13(7-26)24-25-15(27)16(20,21)22;2*1-5(2,3)4/h4,6,9H,1-3,5,7,23H2;2*(H3,1,2,3,4). The molecule has 14 nitrogen and oxygen atoms in total. The minimum atomic E-state index is -4.64. The average Bonchev–Trinajstić information content (AvgIpc) is 3.13. The van der Waals surface area contributed by atoms with Gasteiger partial charge in [0.25, 0.3) is 0 Å². The quantitative estimate of drug-likeness (QED) is 0.141. The van der Waals surface area contributed by atoms with Crippen LogP contribution < -0.4 is 5.73 Å². The third-order valence-electron chi connectivity index (χ3n) is 4.37. The second kappa shape index (κ2) is 13.1. The number of nitrogens with zero attached hydrogens (tertiary/aromatic N) is 4. The Kier molecular flexibility index (Phi) is 11.6. The van der Waals surface area contributed by atoms with Crippen molar-refractivity contribution in [1.29, 1.82) is 0 Å². The Morgan fingerprint density at radius 2 is 1.45 bits per heavy atom. The largest absolute Gasteiger partial charge is 0.466 e. The highest BCUT2D eigenvalue weighted by Crippen LogP contribution is 2.29. The lowest BCUT2D eigenvalue weighted by Gasteiger charge is -2.29. The van der Waals surface area contributed by atoms with E-state index < -0.39 is 57.0 Å². The molecule has 1 aromatic carbocycles. The summed E-state index contributed by atoms with van der Waals surface area (Å²) < 4.78 is 97.0. The summed E-state index contributed by atoms with van der Waals surface area (Å²) in [4.78, 5) is 56.8. The smallest absolute Gasteiger partial charge is 0.333 e. The van der Waals surface area contributed by atoms with Crippen LogP contribution in [-0.2, 0) is 39.6 Å². The van der Waals surface area contributed by atoms with Gasteiger partial charge >= 0.3 is 21.8 Å². The van der Waals surface area contributed by atoms with E-state index >= 15 is 0 Å². The number of fused-ring (bicyclic) bond motifs is 1. The number of nitrogens with two attached hydrogens (primary N) is 1. The topological polar surface area (TPSA) is 233 Å². The first-order valence-electron chi connectivity index (χ1n) is 9.79. The maximum absolute atomic E-state index is 13.7. The van der Waals surface area contributed by atoms with Crippen LogP contribution in [0.1, 0.15) is 23.6 Å². The molecule has 38 heavy (non-hydrogen) atoms. The van der Waals surface area contributed by atoms with Crippen LogP contribution >= 0.6 is 15.6 Å². The van der Waals surface area contributed by atoms with Gasteiger partial charge < -0.3 is 44.6 Å². The maximum atomic E-state index is 13.7. The van der Waals surface area contributed by atoms with Crippen LogP contribution in [0.2, 0.25) is 0 Å². The Bertz CT molecular complexity index is 1180. The number of aromatic nitrogens is 3. The first-order chi connectivity index (χ1) is 17.1. The van der Waals surface area contributed by atoms with E-state index in [9.17, 15) is 31.1 Å². The second-order valence-electron chi connectivity index (χ2n) is 7.46. The van der Waals surface area contributed by atoms with Crippen LogP contribution in [-0.4, -0.2) is 67.5 Å². The summed E-state index contributed by atoms with van der Waals surface area (Å²) in [6.07, 6.45) is -5.11. The molecule has 0 saturated heterocycles. The second-order valence-corrected chi connectivity index (χ2v) is 9.51. The first kappa shape index (κ1) is 33.6. The summed E-state index contributed by atoms with van der Waals surface area (Å²) in [7, 11) is -9.28. The predicted molar refractivity (Wildman–Crippen MR) is 112 cm³/mol. The highest BCUT2D eigenvalue weighted by atomic mass is 31.2. The number of hydrogen-bond acceptors (Lipinski definition) is 6. The Labute approximate surface area is 208 Å². The fraction of sp³-hybridized carbons (Fsp3) is 0.438. The van der Waals surface area contributed by atoms with Crippen LogP contribution in [0.4, 0.5) is 26.3 Å². The van der Waals surface area contributed by atoms with E-state index in [1.807, 2.05) is 0 Å². The van der Waals surface area contributed by atoms with Crippen LogP contribution in [0.15, 0.2) is 12.1 Å². The fourth-order valence-corrected chi connectivity index (χ4v) is 3.01. The van der Waals surface area contributed by atoms with Crippen LogP contribution in [0, 0.1) is 17.5 Å². The summed E-state index contributed by atoms with van der Waals surface area (Å²) in [5.41, 5.74) is 5.64. The van der Waals surface area contributed by atoms with Gasteiger partial charge in [-0.25, -0.2) is 22.3 Å². The number of phosphoric acid groups is 2. The van der Waals surface area contributed by atoms with E-state index in [2.05, 4.69) is 10.2 Å². The highest BCUT2D eigenvalue weighted by molar-refractivity contribution is 7.45. The molecular formula is C16H21F6N5O9P2. The molecule has 1 atom stereocenters. The van der Waals surface area contributed by atoms with E-state index in [0.29, 0.717) is 12.1 Å². The van der Waals surface area contributed by atoms with Gasteiger partial charge in [-0.1, -0.05) is 0 Å². The molecule has 216 valence electrons.